The fourth-order valence-electron chi connectivity index (χ4n) is 2.83. The third-order valence-electron chi connectivity index (χ3n) is 4.20. The molecule has 0 aliphatic carbocycles. The van der Waals surface area contributed by atoms with E-state index in [1.165, 1.54) is 0 Å². The first-order chi connectivity index (χ1) is 12.3. The van der Waals surface area contributed by atoms with Gasteiger partial charge in [-0.2, -0.15) is 5.10 Å². The highest BCUT2D eigenvalue weighted by Crippen LogP contribution is 2.23. The van der Waals surface area contributed by atoms with Crippen molar-refractivity contribution in [2.75, 3.05) is 38.7 Å². The van der Waals surface area contributed by atoms with Crippen LogP contribution in [0.2, 0.25) is 0 Å². The second kappa shape index (κ2) is 8.64. The molecule has 0 spiro atoms. The molecular weight excluding hydrogens is 320 g/mol. The Morgan fingerprint density at radius 2 is 2.16 bits per heavy atom. The molecule has 134 valence electrons. The lowest BCUT2D eigenvalue weighted by molar-refractivity contribution is 0.0627. The molecule has 1 fully saturated rings. The van der Waals surface area contributed by atoms with Crippen molar-refractivity contribution in [2.24, 2.45) is 0 Å². The summed E-state index contributed by atoms with van der Waals surface area (Å²) < 4.78 is 12.7. The fraction of sp³-hybridized carbons (Fsp3) is 0.444. The van der Waals surface area contributed by atoms with Crippen molar-refractivity contribution in [1.82, 2.24) is 14.7 Å². The summed E-state index contributed by atoms with van der Waals surface area (Å²) >= 11 is 0. The molecule has 1 aromatic carbocycles. The van der Waals surface area contributed by atoms with Gasteiger partial charge < -0.3 is 14.4 Å². The van der Waals surface area contributed by atoms with Crippen molar-refractivity contribution >= 4 is 11.8 Å². The Bertz CT molecular complexity index is 674. The smallest absolute Gasteiger partial charge is 0.323 e. The molecule has 1 saturated heterocycles. The van der Waals surface area contributed by atoms with Crippen molar-refractivity contribution in [3.8, 4) is 0 Å². The normalized spacial score (nSPS) is 18.0. The molecule has 1 aliphatic rings. The number of hydrogen-bond acceptors (Lipinski definition) is 4. The zero-order chi connectivity index (χ0) is 17.5. The standard InChI is InChI=1S/C18H24N4O3/c1-24-13-12-22-10-8-17(20-22)19-18(23)21-9-7-16(25-14-11-21)15-5-3-2-4-6-15/h2-6,8,10,16H,7,9,11-14H2,1H3,(H,19,20,23). The zero-order valence-corrected chi connectivity index (χ0v) is 14.4. The predicted octanol–water partition coefficient (Wildman–Crippen LogP) is 2.53. The molecule has 25 heavy (non-hydrogen) atoms. The van der Waals surface area contributed by atoms with E-state index in [0.29, 0.717) is 38.7 Å². The summed E-state index contributed by atoms with van der Waals surface area (Å²) in [6, 6.07) is 11.8. The van der Waals surface area contributed by atoms with Crippen LogP contribution in [0, 0.1) is 0 Å². The van der Waals surface area contributed by atoms with Gasteiger partial charge in [-0.25, -0.2) is 4.79 Å². The molecule has 2 heterocycles. The van der Waals surface area contributed by atoms with Crippen LogP contribution in [0.25, 0.3) is 0 Å². The first-order valence-corrected chi connectivity index (χ1v) is 8.51. The molecule has 2 amide bonds. The van der Waals surface area contributed by atoms with Crippen LogP contribution >= 0.6 is 0 Å². The highest BCUT2D eigenvalue weighted by molar-refractivity contribution is 5.88. The first-order valence-electron chi connectivity index (χ1n) is 8.51. The van der Waals surface area contributed by atoms with Gasteiger partial charge in [0.15, 0.2) is 5.82 Å². The second-order valence-electron chi connectivity index (χ2n) is 5.93. The number of carbonyl (C=O) groups is 1. The second-order valence-corrected chi connectivity index (χ2v) is 5.93. The number of nitrogens with zero attached hydrogens (tertiary/aromatic N) is 3. The van der Waals surface area contributed by atoms with Crippen molar-refractivity contribution in [3.63, 3.8) is 0 Å². The van der Waals surface area contributed by atoms with E-state index in [-0.39, 0.29) is 12.1 Å². The third-order valence-corrected chi connectivity index (χ3v) is 4.20. The molecule has 0 saturated carbocycles. The number of hydrogen-bond donors (Lipinski definition) is 1. The van der Waals surface area contributed by atoms with E-state index < -0.39 is 0 Å². The van der Waals surface area contributed by atoms with Gasteiger partial charge >= 0.3 is 6.03 Å². The average molecular weight is 344 g/mol. The lowest BCUT2D eigenvalue weighted by atomic mass is 10.1. The fourth-order valence-corrected chi connectivity index (χ4v) is 2.83. The average Bonchev–Trinajstić information content (AvgIpc) is 2.93. The molecule has 7 heteroatoms. The summed E-state index contributed by atoms with van der Waals surface area (Å²) in [7, 11) is 1.65. The molecule has 1 atom stereocenters. The number of amides is 2. The number of rotatable bonds is 5. The summed E-state index contributed by atoms with van der Waals surface area (Å²) in [6.45, 7) is 2.98. The predicted molar refractivity (Wildman–Crippen MR) is 94.4 cm³/mol. The van der Waals surface area contributed by atoms with Gasteiger partial charge in [0.2, 0.25) is 0 Å². The van der Waals surface area contributed by atoms with E-state index in [2.05, 4.69) is 22.5 Å². The Morgan fingerprint density at radius 3 is 2.96 bits per heavy atom. The van der Waals surface area contributed by atoms with E-state index >= 15 is 0 Å². The molecule has 3 rings (SSSR count). The Morgan fingerprint density at radius 1 is 1.32 bits per heavy atom. The summed E-state index contributed by atoms with van der Waals surface area (Å²) in [5.41, 5.74) is 1.15. The van der Waals surface area contributed by atoms with Gasteiger partial charge in [-0.3, -0.25) is 10.00 Å². The highest BCUT2D eigenvalue weighted by Gasteiger charge is 2.22. The summed E-state index contributed by atoms with van der Waals surface area (Å²) in [5.74, 6) is 0.547. The van der Waals surface area contributed by atoms with Crippen LogP contribution < -0.4 is 5.32 Å². The van der Waals surface area contributed by atoms with E-state index in [4.69, 9.17) is 9.47 Å². The zero-order valence-electron chi connectivity index (χ0n) is 14.4. The van der Waals surface area contributed by atoms with Gasteiger partial charge in [0.05, 0.1) is 25.9 Å². The van der Waals surface area contributed by atoms with Crippen LogP contribution in [0.5, 0.6) is 0 Å². The number of aromatic nitrogens is 2. The Hall–Kier alpha value is -2.38. The van der Waals surface area contributed by atoms with Gasteiger partial charge in [0.1, 0.15) is 0 Å². The SMILES string of the molecule is COCCn1ccc(NC(=O)N2CCOC(c3ccccc3)CC2)n1. The maximum absolute atomic E-state index is 12.5. The van der Waals surface area contributed by atoms with Gasteiger partial charge in [-0.1, -0.05) is 30.3 Å². The minimum Gasteiger partial charge on any atom is -0.383 e. The molecule has 1 aromatic heterocycles. The quantitative estimate of drug-likeness (QED) is 0.905. The minimum atomic E-state index is -0.144. The van der Waals surface area contributed by atoms with Gasteiger partial charge in [-0.05, 0) is 12.0 Å². The number of urea groups is 1. The molecule has 7 nitrogen and oxygen atoms in total. The van der Waals surface area contributed by atoms with E-state index in [9.17, 15) is 4.79 Å². The topological polar surface area (TPSA) is 68.6 Å². The summed E-state index contributed by atoms with van der Waals surface area (Å²) in [6.07, 6.45) is 2.64. The molecule has 1 N–H and O–H groups in total. The molecule has 0 radical (unpaired) electrons. The van der Waals surface area contributed by atoms with Gasteiger partial charge in [-0.15, -0.1) is 0 Å². The lowest BCUT2D eigenvalue weighted by Crippen LogP contribution is -2.36. The maximum atomic E-state index is 12.5. The van der Waals surface area contributed by atoms with Crippen LogP contribution in [-0.4, -0.2) is 54.1 Å². The van der Waals surface area contributed by atoms with Crippen LogP contribution in [0.15, 0.2) is 42.6 Å². The van der Waals surface area contributed by atoms with E-state index in [1.54, 1.807) is 22.8 Å². The molecule has 0 bridgehead atoms. The Labute approximate surface area is 147 Å². The number of carbonyl (C=O) groups excluding carboxylic acids is 1. The Balaban J connectivity index is 1.53. The van der Waals surface area contributed by atoms with Crippen LogP contribution in [-0.2, 0) is 16.0 Å². The van der Waals surface area contributed by atoms with Crippen molar-refractivity contribution in [3.05, 3.63) is 48.2 Å². The van der Waals surface area contributed by atoms with Crippen LogP contribution in [0.1, 0.15) is 18.1 Å². The van der Waals surface area contributed by atoms with Gasteiger partial charge in [0.25, 0.3) is 0 Å². The number of ether oxygens (including phenoxy) is 2. The summed E-state index contributed by atoms with van der Waals surface area (Å²) in [4.78, 5) is 14.2. The number of nitrogens with one attached hydrogen (secondary N) is 1. The Kier molecular flexibility index (Phi) is 6.03. The lowest BCUT2D eigenvalue weighted by Gasteiger charge is -2.19. The van der Waals surface area contributed by atoms with Crippen molar-refractivity contribution < 1.29 is 14.3 Å². The third kappa shape index (κ3) is 4.80. The number of methoxy groups -OCH3 is 1. The van der Waals surface area contributed by atoms with Crippen LogP contribution in [0.3, 0.4) is 0 Å². The van der Waals surface area contributed by atoms with Crippen molar-refractivity contribution in [2.45, 2.75) is 19.1 Å². The molecule has 2 aromatic rings. The molecule has 1 aliphatic heterocycles. The minimum absolute atomic E-state index is 0.0345. The van der Waals surface area contributed by atoms with Crippen LogP contribution in [0.4, 0.5) is 10.6 Å². The van der Waals surface area contributed by atoms with E-state index in [0.717, 1.165) is 12.0 Å². The maximum Gasteiger partial charge on any atom is 0.323 e. The number of benzene rings is 1. The highest BCUT2D eigenvalue weighted by atomic mass is 16.5. The number of anilines is 1. The van der Waals surface area contributed by atoms with E-state index in [1.807, 2.05) is 24.4 Å². The van der Waals surface area contributed by atoms with Gasteiger partial charge in [0, 0.05) is 32.5 Å². The summed E-state index contributed by atoms with van der Waals surface area (Å²) in [5, 5.41) is 7.16. The largest absolute Gasteiger partial charge is 0.383 e. The molecule has 1 unspecified atom stereocenters. The molecular formula is C18H24N4O3. The monoisotopic (exact) mass is 344 g/mol. The van der Waals surface area contributed by atoms with Crippen molar-refractivity contribution in [1.29, 1.82) is 0 Å². The first kappa shape index (κ1) is 17.4.